The van der Waals surface area contributed by atoms with Crippen molar-refractivity contribution in [2.45, 2.75) is 25.8 Å². The number of hydrogen-bond acceptors (Lipinski definition) is 3. The van der Waals surface area contributed by atoms with Crippen LogP contribution in [0.25, 0.3) is 0 Å². The minimum Gasteiger partial charge on any atom is -0.337 e. The molecule has 1 aliphatic rings. The number of amides is 1. The van der Waals surface area contributed by atoms with E-state index in [-0.39, 0.29) is 5.91 Å². The van der Waals surface area contributed by atoms with Crippen LogP contribution in [0.1, 0.15) is 19.8 Å². The van der Waals surface area contributed by atoms with Crippen LogP contribution in [0.5, 0.6) is 0 Å². The third kappa shape index (κ3) is 2.96. The largest absolute Gasteiger partial charge is 0.337 e. The molecule has 1 atom stereocenters. The fourth-order valence-electron chi connectivity index (χ4n) is 1.91. The Balaban J connectivity index is 2.39. The van der Waals surface area contributed by atoms with Crippen molar-refractivity contribution in [3.63, 3.8) is 0 Å². The first-order chi connectivity index (χ1) is 6.65. The van der Waals surface area contributed by atoms with Crippen molar-refractivity contribution in [2.24, 2.45) is 5.73 Å². The van der Waals surface area contributed by atoms with Crippen molar-refractivity contribution in [1.29, 1.82) is 0 Å². The lowest BCUT2D eigenvalue weighted by Gasteiger charge is -2.38. The highest BCUT2D eigenvalue weighted by Gasteiger charge is 2.24. The summed E-state index contributed by atoms with van der Waals surface area (Å²) in [5, 5.41) is 0. The molecule has 1 amide bonds. The first kappa shape index (κ1) is 11.5. The molecular formula is C10H21N3O. The fraction of sp³-hybridized carbons (Fsp3) is 0.900. The number of piperazine rings is 1. The molecule has 1 rings (SSSR count). The van der Waals surface area contributed by atoms with E-state index in [1.54, 1.807) is 0 Å². The second kappa shape index (κ2) is 5.32. The maximum Gasteiger partial charge on any atom is 0.222 e. The van der Waals surface area contributed by atoms with Crippen LogP contribution < -0.4 is 5.73 Å². The Labute approximate surface area is 86.0 Å². The van der Waals surface area contributed by atoms with Gasteiger partial charge < -0.3 is 15.5 Å². The van der Waals surface area contributed by atoms with Crippen LogP contribution in [0.2, 0.25) is 0 Å². The molecule has 1 aliphatic heterocycles. The van der Waals surface area contributed by atoms with Crippen LogP contribution in [-0.2, 0) is 4.79 Å². The molecule has 0 aromatic rings. The number of carbonyl (C=O) groups excluding carboxylic acids is 1. The summed E-state index contributed by atoms with van der Waals surface area (Å²) in [6.45, 7) is 5.54. The molecule has 1 heterocycles. The van der Waals surface area contributed by atoms with E-state index in [1.165, 1.54) is 0 Å². The van der Waals surface area contributed by atoms with Crippen molar-refractivity contribution >= 4 is 5.91 Å². The summed E-state index contributed by atoms with van der Waals surface area (Å²) in [6, 6.07) is 0.346. The number of likely N-dealkylation sites (N-methyl/N-ethyl adjacent to an activating group) is 1. The highest BCUT2D eigenvalue weighted by molar-refractivity contribution is 5.76. The van der Waals surface area contributed by atoms with E-state index < -0.39 is 0 Å². The quantitative estimate of drug-likeness (QED) is 0.690. The molecule has 0 radical (unpaired) electrons. The molecule has 0 saturated carbocycles. The third-order valence-corrected chi connectivity index (χ3v) is 2.75. The molecule has 0 spiro atoms. The summed E-state index contributed by atoms with van der Waals surface area (Å²) in [5.74, 6) is 0.260. The topological polar surface area (TPSA) is 49.6 Å². The Morgan fingerprint density at radius 2 is 2.21 bits per heavy atom. The van der Waals surface area contributed by atoms with Gasteiger partial charge in [0.1, 0.15) is 0 Å². The van der Waals surface area contributed by atoms with Gasteiger partial charge >= 0.3 is 0 Å². The third-order valence-electron chi connectivity index (χ3n) is 2.75. The van der Waals surface area contributed by atoms with Crippen molar-refractivity contribution in [3.8, 4) is 0 Å². The predicted octanol–water partition coefficient (Wildman–Crippen LogP) is -0.112. The average molecular weight is 199 g/mol. The van der Waals surface area contributed by atoms with Crippen molar-refractivity contribution in [1.82, 2.24) is 9.80 Å². The van der Waals surface area contributed by atoms with Gasteiger partial charge in [-0.15, -0.1) is 0 Å². The molecule has 14 heavy (non-hydrogen) atoms. The molecule has 1 unspecified atom stereocenters. The van der Waals surface area contributed by atoms with Gasteiger partial charge in [-0.05, 0) is 26.9 Å². The van der Waals surface area contributed by atoms with Gasteiger partial charge in [0, 0.05) is 32.1 Å². The highest BCUT2D eigenvalue weighted by atomic mass is 16.2. The summed E-state index contributed by atoms with van der Waals surface area (Å²) in [6.07, 6.45) is 1.41. The van der Waals surface area contributed by atoms with E-state index in [9.17, 15) is 4.79 Å². The highest BCUT2D eigenvalue weighted by Crippen LogP contribution is 2.09. The maximum atomic E-state index is 11.7. The fourth-order valence-corrected chi connectivity index (χ4v) is 1.91. The molecule has 4 nitrogen and oxygen atoms in total. The van der Waals surface area contributed by atoms with Gasteiger partial charge in [0.2, 0.25) is 5.91 Å². The van der Waals surface area contributed by atoms with Crippen LogP contribution in [-0.4, -0.2) is 55.0 Å². The Morgan fingerprint density at radius 3 is 2.79 bits per heavy atom. The second-order valence-electron chi connectivity index (χ2n) is 4.09. The molecule has 0 aromatic heterocycles. The molecule has 2 N–H and O–H groups in total. The predicted molar refractivity (Wildman–Crippen MR) is 57.0 cm³/mol. The van der Waals surface area contributed by atoms with Crippen LogP contribution >= 0.6 is 0 Å². The van der Waals surface area contributed by atoms with E-state index in [0.29, 0.717) is 19.0 Å². The lowest BCUT2D eigenvalue weighted by Crippen LogP contribution is -2.52. The average Bonchev–Trinajstić information content (AvgIpc) is 2.14. The summed E-state index contributed by atoms with van der Waals surface area (Å²) >= 11 is 0. The number of carbonyl (C=O) groups is 1. The molecule has 1 fully saturated rings. The van der Waals surface area contributed by atoms with E-state index in [2.05, 4.69) is 18.9 Å². The lowest BCUT2D eigenvalue weighted by atomic mass is 10.1. The molecule has 4 heteroatoms. The minimum absolute atomic E-state index is 0.260. The molecule has 0 aliphatic carbocycles. The Bertz CT molecular complexity index is 196. The SMILES string of the molecule is CC1CN(C)CCN1C(=O)CCCN. The van der Waals surface area contributed by atoms with E-state index >= 15 is 0 Å². The maximum absolute atomic E-state index is 11.7. The summed E-state index contributed by atoms with van der Waals surface area (Å²) in [7, 11) is 2.10. The second-order valence-corrected chi connectivity index (χ2v) is 4.09. The number of nitrogens with two attached hydrogens (primary N) is 1. The zero-order chi connectivity index (χ0) is 10.6. The van der Waals surface area contributed by atoms with Crippen LogP contribution in [0.4, 0.5) is 0 Å². The normalized spacial score (nSPS) is 23.9. The molecule has 0 bridgehead atoms. The van der Waals surface area contributed by atoms with Crippen LogP contribution in [0, 0.1) is 0 Å². The van der Waals surface area contributed by atoms with E-state index in [4.69, 9.17) is 5.73 Å². The van der Waals surface area contributed by atoms with Crippen molar-refractivity contribution < 1.29 is 4.79 Å². The number of nitrogens with zero attached hydrogens (tertiary/aromatic N) is 2. The van der Waals surface area contributed by atoms with Gasteiger partial charge in [-0.2, -0.15) is 0 Å². The molecule has 0 aromatic carbocycles. The summed E-state index contributed by atoms with van der Waals surface area (Å²) < 4.78 is 0. The first-order valence-electron chi connectivity index (χ1n) is 5.33. The van der Waals surface area contributed by atoms with Gasteiger partial charge in [0.05, 0.1) is 0 Å². The van der Waals surface area contributed by atoms with Gasteiger partial charge in [-0.25, -0.2) is 0 Å². The smallest absolute Gasteiger partial charge is 0.222 e. The van der Waals surface area contributed by atoms with Gasteiger partial charge in [-0.3, -0.25) is 4.79 Å². The van der Waals surface area contributed by atoms with Crippen molar-refractivity contribution in [3.05, 3.63) is 0 Å². The Morgan fingerprint density at radius 1 is 1.50 bits per heavy atom. The minimum atomic E-state index is 0.260. The van der Waals surface area contributed by atoms with Gasteiger partial charge in [0.25, 0.3) is 0 Å². The van der Waals surface area contributed by atoms with Crippen LogP contribution in [0.3, 0.4) is 0 Å². The monoisotopic (exact) mass is 199 g/mol. The zero-order valence-corrected chi connectivity index (χ0v) is 9.20. The molecule has 82 valence electrons. The lowest BCUT2D eigenvalue weighted by molar-refractivity contribution is -0.135. The van der Waals surface area contributed by atoms with Crippen LogP contribution in [0.15, 0.2) is 0 Å². The first-order valence-corrected chi connectivity index (χ1v) is 5.33. The molecular weight excluding hydrogens is 178 g/mol. The van der Waals surface area contributed by atoms with E-state index in [1.807, 2.05) is 4.90 Å². The zero-order valence-electron chi connectivity index (χ0n) is 9.20. The van der Waals surface area contributed by atoms with Gasteiger partial charge in [-0.1, -0.05) is 0 Å². The van der Waals surface area contributed by atoms with E-state index in [0.717, 1.165) is 26.1 Å². The Hall–Kier alpha value is -0.610. The number of rotatable bonds is 3. The summed E-state index contributed by atoms with van der Waals surface area (Å²) in [5.41, 5.74) is 5.38. The Kier molecular flexibility index (Phi) is 4.35. The van der Waals surface area contributed by atoms with Crippen molar-refractivity contribution in [2.75, 3.05) is 33.2 Å². The standard InChI is InChI=1S/C10H21N3O/c1-9-8-12(2)6-7-13(9)10(14)4-3-5-11/h9H,3-8,11H2,1-2H3. The van der Waals surface area contributed by atoms with Gasteiger partial charge in [0.15, 0.2) is 0 Å². The summed E-state index contributed by atoms with van der Waals surface area (Å²) in [4.78, 5) is 16.0. The molecule has 1 saturated heterocycles. The number of hydrogen-bond donors (Lipinski definition) is 1.